The van der Waals surface area contributed by atoms with Crippen LogP contribution in [0.3, 0.4) is 0 Å². The number of cyclic esters (lactones) is 2. The lowest BCUT2D eigenvalue weighted by atomic mass is 9.77. The third-order valence-corrected chi connectivity index (χ3v) is 8.64. The quantitative estimate of drug-likeness (QED) is 0.120. The Kier molecular flexibility index (Phi) is 12.3. The molecule has 42 heavy (non-hydrogen) atoms. The van der Waals surface area contributed by atoms with Gasteiger partial charge >= 0.3 is 12.1 Å². The molecule has 0 unspecified atom stereocenters. The number of ether oxygens (including phenoxy) is 4. The molecule has 1 aliphatic carbocycles. The van der Waals surface area contributed by atoms with Crippen LogP contribution in [0.25, 0.3) is 11.1 Å². The molecule has 0 aromatic heterocycles. The molecule has 2 fully saturated rings. The van der Waals surface area contributed by atoms with Gasteiger partial charge in [0.1, 0.15) is 25.6 Å². The lowest BCUT2D eigenvalue weighted by Crippen LogP contribution is -2.31. The zero-order chi connectivity index (χ0) is 29.7. The number of benzene rings is 2. The first kappa shape index (κ1) is 31.7. The summed E-state index contributed by atoms with van der Waals surface area (Å²) in [5.41, 5.74) is 4.70. The highest BCUT2D eigenvalue weighted by molar-refractivity contribution is 5.87. The number of rotatable bonds is 15. The lowest BCUT2D eigenvalue weighted by Gasteiger charge is -2.29. The van der Waals surface area contributed by atoms with Crippen LogP contribution in [0.2, 0.25) is 0 Å². The van der Waals surface area contributed by atoms with Gasteiger partial charge in [0, 0.05) is 11.1 Å². The van der Waals surface area contributed by atoms with Gasteiger partial charge in [-0.2, -0.15) is 0 Å². The summed E-state index contributed by atoms with van der Waals surface area (Å²) in [6, 6.07) is 14.9. The van der Waals surface area contributed by atoms with Crippen LogP contribution in [0.1, 0.15) is 102 Å². The summed E-state index contributed by atoms with van der Waals surface area (Å²) in [6.45, 7) is 8.49. The zero-order valence-corrected chi connectivity index (χ0v) is 25.5. The van der Waals surface area contributed by atoms with Crippen molar-refractivity contribution in [3.05, 3.63) is 65.7 Å². The fraction of sp³-hybridized carbons (Fsp3) is 0.556. The van der Waals surface area contributed by atoms with Crippen molar-refractivity contribution < 1.29 is 28.5 Å². The molecule has 0 amide bonds. The van der Waals surface area contributed by atoms with E-state index < -0.39 is 12.1 Å². The van der Waals surface area contributed by atoms with Gasteiger partial charge in [0.05, 0.1) is 12.5 Å². The number of carbonyl (C=O) groups is 2. The van der Waals surface area contributed by atoms with Crippen LogP contribution in [-0.4, -0.2) is 31.9 Å². The summed E-state index contributed by atoms with van der Waals surface area (Å²) >= 11 is 0. The van der Waals surface area contributed by atoms with Gasteiger partial charge in [-0.25, -0.2) is 9.59 Å². The van der Waals surface area contributed by atoms with Crippen LogP contribution >= 0.6 is 0 Å². The SMILES string of the molecule is C=C(C)C(=O)OCc1cc(-c2ccc(C3CCC(CCCCCCCC)CC3)cc2)ccc1OCC1COC(=O)OC1. The van der Waals surface area contributed by atoms with Crippen LogP contribution in [0, 0.1) is 11.8 Å². The molecule has 2 aromatic rings. The standard InChI is InChI=1S/C36H48O6/c1-4-5-6-7-8-9-10-27-11-13-29(14-12-27)30-15-17-31(18-16-30)32-19-20-34(33(21-32)25-40-35(37)26(2)3)39-22-28-23-41-36(38)42-24-28/h15-21,27-29H,2,4-14,22-25H2,1,3H3. The molecule has 0 N–H and O–H groups in total. The van der Waals surface area contributed by atoms with Crippen LogP contribution in [0.5, 0.6) is 5.75 Å². The van der Waals surface area contributed by atoms with Gasteiger partial charge in [0.15, 0.2) is 0 Å². The van der Waals surface area contributed by atoms with E-state index in [0.29, 0.717) is 23.8 Å². The van der Waals surface area contributed by atoms with E-state index in [0.717, 1.165) is 22.6 Å². The average molecular weight is 577 g/mol. The van der Waals surface area contributed by atoms with Gasteiger partial charge in [0.2, 0.25) is 0 Å². The van der Waals surface area contributed by atoms with E-state index in [1.54, 1.807) is 6.92 Å². The first-order valence-corrected chi connectivity index (χ1v) is 15.9. The van der Waals surface area contributed by atoms with Crippen molar-refractivity contribution in [3.63, 3.8) is 0 Å². The Labute approximate surface area is 251 Å². The maximum atomic E-state index is 12.1. The van der Waals surface area contributed by atoms with Gasteiger partial charge in [-0.15, -0.1) is 0 Å². The highest BCUT2D eigenvalue weighted by Gasteiger charge is 2.23. The maximum Gasteiger partial charge on any atom is 0.508 e. The van der Waals surface area contributed by atoms with Crippen molar-refractivity contribution in [2.24, 2.45) is 11.8 Å². The third-order valence-electron chi connectivity index (χ3n) is 8.64. The van der Waals surface area contributed by atoms with E-state index in [9.17, 15) is 9.59 Å². The molecule has 1 heterocycles. The summed E-state index contributed by atoms with van der Waals surface area (Å²) in [5.74, 6) is 1.68. The topological polar surface area (TPSA) is 71.1 Å². The average Bonchev–Trinajstić information content (AvgIpc) is 3.02. The van der Waals surface area contributed by atoms with E-state index in [2.05, 4.69) is 37.8 Å². The van der Waals surface area contributed by atoms with Crippen molar-refractivity contribution in [1.29, 1.82) is 0 Å². The molecule has 1 saturated carbocycles. The Morgan fingerprint density at radius 2 is 1.55 bits per heavy atom. The highest BCUT2D eigenvalue weighted by Crippen LogP contribution is 2.38. The Balaban J connectivity index is 1.34. The summed E-state index contributed by atoms with van der Waals surface area (Å²) in [5, 5.41) is 0. The first-order chi connectivity index (χ1) is 20.4. The normalized spacial score (nSPS) is 19.0. The highest BCUT2D eigenvalue weighted by atomic mass is 16.7. The predicted octanol–water partition coefficient (Wildman–Crippen LogP) is 9.16. The number of esters is 1. The van der Waals surface area contributed by atoms with Crippen molar-refractivity contribution in [1.82, 2.24) is 0 Å². The predicted molar refractivity (Wildman–Crippen MR) is 165 cm³/mol. The van der Waals surface area contributed by atoms with Crippen LogP contribution < -0.4 is 4.74 Å². The second-order valence-corrected chi connectivity index (χ2v) is 12.1. The second-order valence-electron chi connectivity index (χ2n) is 12.1. The molecule has 0 spiro atoms. The zero-order valence-electron chi connectivity index (χ0n) is 25.5. The van der Waals surface area contributed by atoms with Gasteiger partial charge in [-0.1, -0.05) is 88.8 Å². The van der Waals surface area contributed by atoms with Crippen molar-refractivity contribution in [3.8, 4) is 16.9 Å². The van der Waals surface area contributed by atoms with Crippen LogP contribution in [0.4, 0.5) is 4.79 Å². The molecule has 4 rings (SSSR count). The van der Waals surface area contributed by atoms with E-state index in [1.165, 1.54) is 76.2 Å². The van der Waals surface area contributed by atoms with Crippen LogP contribution in [-0.2, 0) is 25.6 Å². The van der Waals surface area contributed by atoms with Gasteiger partial charge < -0.3 is 18.9 Å². The van der Waals surface area contributed by atoms with Gasteiger partial charge in [-0.05, 0) is 73.3 Å². The summed E-state index contributed by atoms with van der Waals surface area (Å²) < 4.78 is 21.5. The van der Waals surface area contributed by atoms with E-state index in [4.69, 9.17) is 18.9 Å². The maximum absolute atomic E-state index is 12.1. The number of hydrogen-bond acceptors (Lipinski definition) is 6. The number of hydrogen-bond donors (Lipinski definition) is 0. The second kappa shape index (κ2) is 16.4. The molecular weight excluding hydrogens is 528 g/mol. The summed E-state index contributed by atoms with van der Waals surface area (Å²) in [7, 11) is 0. The molecule has 0 radical (unpaired) electrons. The fourth-order valence-electron chi connectivity index (χ4n) is 5.99. The van der Waals surface area contributed by atoms with E-state index >= 15 is 0 Å². The Bertz CT molecular complexity index is 1150. The molecule has 6 nitrogen and oxygen atoms in total. The molecule has 2 aliphatic rings. The van der Waals surface area contributed by atoms with E-state index in [1.807, 2.05) is 18.2 Å². The molecule has 6 heteroatoms. The Morgan fingerprint density at radius 3 is 2.24 bits per heavy atom. The minimum absolute atomic E-state index is 0.0636. The molecule has 228 valence electrons. The molecule has 2 aromatic carbocycles. The van der Waals surface area contributed by atoms with Crippen LogP contribution in [0.15, 0.2) is 54.6 Å². The monoisotopic (exact) mass is 576 g/mol. The first-order valence-electron chi connectivity index (χ1n) is 15.9. The summed E-state index contributed by atoms with van der Waals surface area (Å²) in [6.07, 6.45) is 14.3. The van der Waals surface area contributed by atoms with Crippen molar-refractivity contribution in [2.45, 2.75) is 97.0 Å². The smallest absolute Gasteiger partial charge is 0.493 e. The Hall–Kier alpha value is -3.28. The fourth-order valence-corrected chi connectivity index (χ4v) is 5.99. The van der Waals surface area contributed by atoms with E-state index in [-0.39, 0.29) is 25.7 Å². The third kappa shape index (κ3) is 9.64. The minimum Gasteiger partial charge on any atom is -0.493 e. The molecule has 0 atom stereocenters. The van der Waals surface area contributed by atoms with Crippen molar-refractivity contribution >= 4 is 12.1 Å². The lowest BCUT2D eigenvalue weighted by molar-refractivity contribution is -0.140. The van der Waals surface area contributed by atoms with Gasteiger partial charge in [0.25, 0.3) is 0 Å². The number of carbonyl (C=O) groups excluding carboxylic acids is 2. The Morgan fingerprint density at radius 1 is 0.881 bits per heavy atom. The molecule has 1 aliphatic heterocycles. The molecular formula is C36H48O6. The molecule has 1 saturated heterocycles. The molecule has 0 bridgehead atoms. The van der Waals surface area contributed by atoms with Crippen molar-refractivity contribution in [2.75, 3.05) is 19.8 Å². The number of unbranched alkanes of at least 4 members (excludes halogenated alkanes) is 5. The summed E-state index contributed by atoms with van der Waals surface area (Å²) in [4.78, 5) is 23.3. The minimum atomic E-state index is -0.648. The largest absolute Gasteiger partial charge is 0.508 e. The van der Waals surface area contributed by atoms with Gasteiger partial charge in [-0.3, -0.25) is 0 Å².